The average Bonchev–Trinajstić information content (AvgIpc) is 2.08. The second-order valence-corrected chi connectivity index (χ2v) is 3.82. The van der Waals surface area contributed by atoms with Crippen LogP contribution in [0.5, 0.6) is 0 Å². The van der Waals surface area contributed by atoms with Crippen LogP contribution < -0.4 is 11.1 Å². The zero-order chi connectivity index (χ0) is 10.7. The van der Waals surface area contributed by atoms with Gasteiger partial charge in [0.2, 0.25) is 0 Å². The molecule has 1 aliphatic rings. The largest absolute Gasteiger partial charge is 0.386 e. The Labute approximate surface area is 84.1 Å². The van der Waals surface area contributed by atoms with Crippen LogP contribution in [0.25, 0.3) is 0 Å². The molecule has 5 heteroatoms. The maximum Gasteiger partial charge on any atom is 0.317 e. The summed E-state index contributed by atoms with van der Waals surface area (Å²) < 4.78 is 0. The monoisotopic (exact) mass is 198 g/mol. The van der Waals surface area contributed by atoms with Crippen molar-refractivity contribution in [3.8, 4) is 0 Å². The minimum absolute atomic E-state index is 0.0104. The zero-order valence-electron chi connectivity index (χ0n) is 8.71. The van der Waals surface area contributed by atoms with Gasteiger partial charge in [0.25, 0.3) is 0 Å². The Morgan fingerprint density at radius 3 is 2.57 bits per heavy atom. The van der Waals surface area contributed by atoms with Crippen molar-refractivity contribution in [1.82, 2.24) is 10.2 Å². The Hall–Kier alpha value is -1.26. The molecule has 2 amide bonds. The van der Waals surface area contributed by atoms with Crippen LogP contribution in [0.4, 0.5) is 4.79 Å². The summed E-state index contributed by atoms with van der Waals surface area (Å²) in [5.41, 5.74) is 5.31. The zero-order valence-corrected chi connectivity index (χ0v) is 8.71. The first-order valence-corrected chi connectivity index (χ1v) is 4.89. The van der Waals surface area contributed by atoms with Crippen molar-refractivity contribution in [2.45, 2.75) is 38.3 Å². The predicted octanol–water partition coefficient (Wildman–Crippen LogP) is 0.505. The summed E-state index contributed by atoms with van der Waals surface area (Å²) >= 11 is 0. The normalized spacial score (nSPS) is 18.1. The van der Waals surface area contributed by atoms with Crippen molar-refractivity contribution in [1.29, 1.82) is 5.41 Å². The van der Waals surface area contributed by atoms with Crippen molar-refractivity contribution < 1.29 is 4.79 Å². The SMILES string of the molecule is CC(C(=N)N)N(C)C(=O)NC1CCC1. The van der Waals surface area contributed by atoms with E-state index in [1.165, 1.54) is 11.3 Å². The number of amidine groups is 1. The standard InChI is InChI=1S/C9H18N4O/c1-6(8(10)11)13(2)9(14)12-7-4-3-5-7/h6-7H,3-5H2,1-2H3,(H3,10,11)(H,12,14). The molecule has 14 heavy (non-hydrogen) atoms. The number of nitrogens with one attached hydrogen (secondary N) is 2. The summed E-state index contributed by atoms with van der Waals surface area (Å²) in [5.74, 6) is 0.0104. The van der Waals surface area contributed by atoms with Crippen molar-refractivity contribution in [3.63, 3.8) is 0 Å². The van der Waals surface area contributed by atoms with E-state index in [0.29, 0.717) is 6.04 Å². The Morgan fingerprint density at radius 1 is 1.64 bits per heavy atom. The highest BCUT2D eigenvalue weighted by Crippen LogP contribution is 2.18. The molecule has 5 nitrogen and oxygen atoms in total. The van der Waals surface area contributed by atoms with Gasteiger partial charge in [0, 0.05) is 13.1 Å². The average molecular weight is 198 g/mol. The van der Waals surface area contributed by atoms with Crippen LogP contribution in [0.2, 0.25) is 0 Å². The van der Waals surface area contributed by atoms with Gasteiger partial charge < -0.3 is 16.0 Å². The number of likely N-dealkylation sites (N-methyl/N-ethyl adjacent to an activating group) is 1. The number of carbonyl (C=O) groups is 1. The van der Waals surface area contributed by atoms with Gasteiger partial charge in [0.1, 0.15) is 5.84 Å². The molecule has 0 aromatic rings. The van der Waals surface area contributed by atoms with Gasteiger partial charge >= 0.3 is 6.03 Å². The molecule has 0 radical (unpaired) electrons. The summed E-state index contributed by atoms with van der Waals surface area (Å²) in [4.78, 5) is 13.0. The molecule has 4 N–H and O–H groups in total. The van der Waals surface area contributed by atoms with Gasteiger partial charge in [-0.25, -0.2) is 4.79 Å². The lowest BCUT2D eigenvalue weighted by molar-refractivity contribution is 0.192. The number of hydrogen-bond acceptors (Lipinski definition) is 2. The second-order valence-electron chi connectivity index (χ2n) is 3.82. The number of amides is 2. The second kappa shape index (κ2) is 4.30. The lowest BCUT2D eigenvalue weighted by Gasteiger charge is -2.31. The van der Waals surface area contributed by atoms with E-state index >= 15 is 0 Å². The fourth-order valence-corrected chi connectivity index (χ4v) is 1.21. The first-order valence-electron chi connectivity index (χ1n) is 4.89. The van der Waals surface area contributed by atoms with Crippen LogP contribution in [0.15, 0.2) is 0 Å². The molecule has 1 unspecified atom stereocenters. The van der Waals surface area contributed by atoms with E-state index in [1.807, 2.05) is 0 Å². The lowest BCUT2D eigenvalue weighted by Crippen LogP contribution is -2.51. The third-order valence-corrected chi connectivity index (χ3v) is 2.78. The number of carbonyl (C=O) groups excluding carboxylic acids is 1. The maximum absolute atomic E-state index is 11.6. The quantitative estimate of drug-likeness (QED) is 0.456. The fourth-order valence-electron chi connectivity index (χ4n) is 1.21. The van der Waals surface area contributed by atoms with Crippen molar-refractivity contribution in [2.24, 2.45) is 5.73 Å². The Morgan fingerprint density at radius 2 is 2.21 bits per heavy atom. The summed E-state index contributed by atoms with van der Waals surface area (Å²) in [7, 11) is 1.65. The van der Waals surface area contributed by atoms with Gasteiger partial charge in [-0.05, 0) is 26.2 Å². The van der Waals surface area contributed by atoms with E-state index < -0.39 is 0 Å². The van der Waals surface area contributed by atoms with Crippen molar-refractivity contribution >= 4 is 11.9 Å². The molecule has 1 atom stereocenters. The van der Waals surface area contributed by atoms with E-state index in [0.717, 1.165) is 12.8 Å². The molecule has 1 rings (SSSR count). The molecular weight excluding hydrogens is 180 g/mol. The van der Waals surface area contributed by atoms with Crippen molar-refractivity contribution in [2.75, 3.05) is 7.05 Å². The summed E-state index contributed by atoms with van der Waals surface area (Å²) in [6, 6.07) is -0.156. The van der Waals surface area contributed by atoms with Gasteiger partial charge in [0.15, 0.2) is 0 Å². The summed E-state index contributed by atoms with van der Waals surface area (Å²) in [6.45, 7) is 1.74. The van der Waals surface area contributed by atoms with Crippen molar-refractivity contribution in [3.05, 3.63) is 0 Å². The van der Waals surface area contributed by atoms with Crippen LogP contribution in [-0.2, 0) is 0 Å². The number of nitrogens with zero attached hydrogens (tertiary/aromatic N) is 1. The number of hydrogen-bond donors (Lipinski definition) is 3. The fraction of sp³-hybridized carbons (Fsp3) is 0.778. The molecule has 1 fully saturated rings. The van der Waals surface area contributed by atoms with Crippen LogP contribution in [0, 0.1) is 5.41 Å². The third kappa shape index (κ3) is 2.37. The Balaban J connectivity index is 2.38. The summed E-state index contributed by atoms with van der Waals surface area (Å²) in [5, 5.41) is 10.1. The van der Waals surface area contributed by atoms with Crippen LogP contribution in [-0.4, -0.2) is 35.9 Å². The molecule has 0 saturated heterocycles. The molecule has 1 aliphatic carbocycles. The first-order chi connectivity index (χ1) is 6.52. The summed E-state index contributed by atoms with van der Waals surface area (Å²) in [6.07, 6.45) is 3.32. The van der Waals surface area contributed by atoms with E-state index in [4.69, 9.17) is 11.1 Å². The highest BCUT2D eigenvalue weighted by atomic mass is 16.2. The van der Waals surface area contributed by atoms with Crippen LogP contribution in [0.1, 0.15) is 26.2 Å². The van der Waals surface area contributed by atoms with Gasteiger partial charge in [-0.3, -0.25) is 5.41 Å². The van der Waals surface area contributed by atoms with Crippen LogP contribution >= 0.6 is 0 Å². The molecule has 0 bridgehead atoms. The molecule has 0 heterocycles. The number of nitrogens with two attached hydrogens (primary N) is 1. The van der Waals surface area contributed by atoms with Gasteiger partial charge in [-0.2, -0.15) is 0 Å². The highest BCUT2D eigenvalue weighted by Gasteiger charge is 2.23. The lowest BCUT2D eigenvalue weighted by atomic mass is 9.93. The van der Waals surface area contributed by atoms with Gasteiger partial charge in [0.05, 0.1) is 6.04 Å². The van der Waals surface area contributed by atoms with Gasteiger partial charge in [-0.1, -0.05) is 0 Å². The van der Waals surface area contributed by atoms with E-state index in [2.05, 4.69) is 5.32 Å². The highest BCUT2D eigenvalue weighted by molar-refractivity contribution is 5.87. The molecule has 0 aromatic carbocycles. The molecule has 0 spiro atoms. The van der Waals surface area contributed by atoms with Crippen LogP contribution in [0.3, 0.4) is 0 Å². The molecular formula is C9H18N4O. The minimum atomic E-state index is -0.338. The predicted molar refractivity (Wildman–Crippen MR) is 55.3 cm³/mol. The third-order valence-electron chi connectivity index (χ3n) is 2.78. The molecule has 80 valence electrons. The molecule has 1 saturated carbocycles. The topological polar surface area (TPSA) is 82.2 Å². The maximum atomic E-state index is 11.6. The smallest absolute Gasteiger partial charge is 0.317 e. The first kappa shape index (κ1) is 10.8. The number of rotatable bonds is 3. The minimum Gasteiger partial charge on any atom is -0.386 e. The van der Waals surface area contributed by atoms with E-state index in [9.17, 15) is 4.79 Å². The molecule has 0 aliphatic heterocycles. The van der Waals surface area contributed by atoms with Gasteiger partial charge in [-0.15, -0.1) is 0 Å². The Bertz CT molecular complexity index is 237. The Kier molecular flexibility index (Phi) is 3.33. The van der Waals surface area contributed by atoms with E-state index in [-0.39, 0.29) is 17.9 Å². The molecule has 0 aromatic heterocycles. The van der Waals surface area contributed by atoms with E-state index in [1.54, 1.807) is 14.0 Å². The number of urea groups is 1.